The van der Waals surface area contributed by atoms with Crippen LogP contribution < -0.4 is 0 Å². The van der Waals surface area contributed by atoms with Crippen molar-refractivity contribution < 1.29 is 5.11 Å². The largest absolute Gasteiger partial charge is 0.658 e. The lowest BCUT2D eigenvalue weighted by Crippen LogP contribution is -2.41. The number of rotatable bonds is 5. The van der Waals surface area contributed by atoms with Crippen LogP contribution in [0.25, 0.3) is 5.32 Å². The third kappa shape index (κ3) is 4.03. The Kier molecular flexibility index (Phi) is 5.37. The molecule has 1 aromatic carbocycles. The summed E-state index contributed by atoms with van der Waals surface area (Å²) in [5.41, 5.74) is 1.29. The van der Waals surface area contributed by atoms with Gasteiger partial charge >= 0.3 is 0 Å². The summed E-state index contributed by atoms with van der Waals surface area (Å²) in [5, 5.41) is 14.3. The molecule has 1 aliphatic heterocycles. The van der Waals surface area contributed by atoms with Crippen molar-refractivity contribution in [2.45, 2.75) is 31.9 Å². The van der Waals surface area contributed by atoms with Crippen LogP contribution in [0.15, 0.2) is 30.3 Å². The van der Waals surface area contributed by atoms with Crippen molar-refractivity contribution >= 4 is 0 Å². The predicted molar refractivity (Wildman–Crippen MR) is 79.3 cm³/mol. The Morgan fingerprint density at radius 3 is 2.74 bits per heavy atom. The molecule has 0 saturated carbocycles. The molecule has 3 heteroatoms. The Hall–Kier alpha value is -0.900. The van der Waals surface area contributed by atoms with Gasteiger partial charge in [-0.05, 0) is 31.8 Å². The number of piperidine rings is 1. The third-order valence-corrected chi connectivity index (χ3v) is 3.99. The van der Waals surface area contributed by atoms with Gasteiger partial charge in [0.15, 0.2) is 0 Å². The number of hydrogen-bond donors (Lipinski definition) is 1. The summed E-state index contributed by atoms with van der Waals surface area (Å²) in [5.74, 6) is 0.470. The van der Waals surface area contributed by atoms with Crippen LogP contribution in [0.5, 0.6) is 0 Å². The zero-order valence-corrected chi connectivity index (χ0v) is 12.0. The molecule has 106 valence electrons. The van der Waals surface area contributed by atoms with Gasteiger partial charge < -0.3 is 15.3 Å². The Morgan fingerprint density at radius 2 is 2.11 bits per heavy atom. The van der Waals surface area contributed by atoms with Gasteiger partial charge in [-0.2, -0.15) is 7.05 Å². The van der Waals surface area contributed by atoms with Gasteiger partial charge in [0, 0.05) is 6.54 Å². The maximum absolute atomic E-state index is 9.74. The highest BCUT2D eigenvalue weighted by molar-refractivity contribution is 5.23. The lowest BCUT2D eigenvalue weighted by molar-refractivity contribution is 0.0621. The normalized spacial score (nSPS) is 24.1. The van der Waals surface area contributed by atoms with Crippen molar-refractivity contribution in [3.8, 4) is 0 Å². The van der Waals surface area contributed by atoms with Crippen LogP contribution in [0.2, 0.25) is 0 Å². The average Bonchev–Trinajstić information content (AvgIpc) is 2.41. The van der Waals surface area contributed by atoms with E-state index in [4.69, 9.17) is 0 Å². The number of likely N-dealkylation sites (tertiary alicyclic amines) is 1. The number of benzene rings is 1. The van der Waals surface area contributed by atoms with Crippen LogP contribution in [-0.4, -0.2) is 42.8 Å². The SMILES string of the molecule is C[N-][C@@H](c1ccccc1)[C@@H](C)CN1CCC[C@H](O)C1. The van der Waals surface area contributed by atoms with Crippen LogP contribution >= 0.6 is 0 Å². The van der Waals surface area contributed by atoms with Gasteiger partial charge in [0.2, 0.25) is 0 Å². The van der Waals surface area contributed by atoms with Crippen molar-refractivity contribution in [1.82, 2.24) is 4.90 Å². The maximum Gasteiger partial charge on any atom is 0.0667 e. The predicted octanol–water partition coefficient (Wildman–Crippen LogP) is 2.82. The molecule has 19 heavy (non-hydrogen) atoms. The molecular weight excluding hydrogens is 236 g/mol. The molecule has 1 aliphatic rings. The highest BCUT2D eigenvalue weighted by Gasteiger charge is 2.20. The number of hydrogen-bond acceptors (Lipinski definition) is 2. The first-order chi connectivity index (χ1) is 9.20. The van der Waals surface area contributed by atoms with E-state index in [1.807, 2.05) is 13.1 Å². The lowest BCUT2D eigenvalue weighted by atomic mass is 9.93. The molecule has 1 saturated heterocycles. The summed E-state index contributed by atoms with van der Waals surface area (Å²) in [6, 6.07) is 10.7. The molecule has 3 nitrogen and oxygen atoms in total. The topological polar surface area (TPSA) is 37.6 Å². The van der Waals surface area contributed by atoms with E-state index in [-0.39, 0.29) is 12.1 Å². The van der Waals surface area contributed by atoms with Crippen molar-refractivity contribution in [2.75, 3.05) is 26.7 Å². The van der Waals surface area contributed by atoms with Crippen molar-refractivity contribution in [2.24, 2.45) is 5.92 Å². The molecule has 1 heterocycles. The molecular formula is C16H25N2O-. The number of nitrogens with zero attached hydrogens (tertiary/aromatic N) is 2. The third-order valence-electron chi connectivity index (χ3n) is 3.99. The second kappa shape index (κ2) is 7.04. The fourth-order valence-corrected chi connectivity index (χ4v) is 3.09. The maximum atomic E-state index is 9.74. The van der Waals surface area contributed by atoms with E-state index in [1.165, 1.54) is 5.56 Å². The van der Waals surface area contributed by atoms with Gasteiger partial charge in [0.1, 0.15) is 0 Å². The monoisotopic (exact) mass is 261 g/mol. The molecule has 0 aliphatic carbocycles. The fraction of sp³-hybridized carbons (Fsp3) is 0.625. The highest BCUT2D eigenvalue weighted by Crippen LogP contribution is 2.29. The summed E-state index contributed by atoms with van der Waals surface area (Å²) < 4.78 is 0. The van der Waals surface area contributed by atoms with Gasteiger partial charge in [-0.1, -0.05) is 42.8 Å². The first-order valence-corrected chi connectivity index (χ1v) is 7.25. The van der Waals surface area contributed by atoms with Crippen LogP contribution in [-0.2, 0) is 0 Å². The van der Waals surface area contributed by atoms with E-state index >= 15 is 0 Å². The minimum atomic E-state index is -0.144. The van der Waals surface area contributed by atoms with Crippen LogP contribution in [0.1, 0.15) is 31.4 Å². The standard InChI is InChI=1S/C16H25N2O/c1-13(11-18-10-6-9-15(19)12-18)16(17-2)14-7-4-3-5-8-14/h3-5,7-8,13,15-16,19H,6,9-12H2,1-2H3/q-1/t13-,15-,16+/m0/s1. The van der Waals surface area contributed by atoms with Crippen molar-refractivity contribution in [3.63, 3.8) is 0 Å². The zero-order valence-electron chi connectivity index (χ0n) is 12.0. The molecule has 0 amide bonds. The molecule has 2 rings (SSSR count). The Bertz CT molecular complexity index is 368. The van der Waals surface area contributed by atoms with Gasteiger partial charge in [-0.3, -0.25) is 0 Å². The minimum absolute atomic E-state index is 0.144. The van der Waals surface area contributed by atoms with E-state index in [9.17, 15) is 5.11 Å². The molecule has 0 spiro atoms. The molecule has 3 atom stereocenters. The highest BCUT2D eigenvalue weighted by atomic mass is 16.3. The minimum Gasteiger partial charge on any atom is -0.658 e. The fourth-order valence-electron chi connectivity index (χ4n) is 3.09. The van der Waals surface area contributed by atoms with Gasteiger partial charge in [0.25, 0.3) is 0 Å². The molecule has 0 bridgehead atoms. The van der Waals surface area contributed by atoms with Gasteiger partial charge in [-0.15, -0.1) is 6.04 Å². The second-order valence-electron chi connectivity index (χ2n) is 5.65. The molecule has 0 unspecified atom stereocenters. The van der Waals surface area contributed by atoms with Gasteiger partial charge in [-0.25, -0.2) is 0 Å². The summed E-state index contributed by atoms with van der Waals surface area (Å²) in [6.07, 6.45) is 1.91. The summed E-state index contributed by atoms with van der Waals surface area (Å²) >= 11 is 0. The molecule has 1 fully saturated rings. The molecule has 1 aromatic rings. The van der Waals surface area contributed by atoms with E-state index in [0.717, 1.165) is 32.5 Å². The van der Waals surface area contributed by atoms with Crippen LogP contribution in [0, 0.1) is 5.92 Å². The Balaban J connectivity index is 1.95. The van der Waals surface area contributed by atoms with Gasteiger partial charge in [0.05, 0.1) is 6.10 Å². The van der Waals surface area contributed by atoms with E-state index in [0.29, 0.717) is 5.92 Å². The molecule has 0 radical (unpaired) electrons. The molecule has 0 aromatic heterocycles. The summed E-state index contributed by atoms with van der Waals surface area (Å²) in [4.78, 5) is 2.37. The first-order valence-electron chi connectivity index (χ1n) is 7.25. The number of aliphatic hydroxyl groups excluding tert-OH is 1. The van der Waals surface area contributed by atoms with Crippen LogP contribution in [0.4, 0.5) is 0 Å². The number of aliphatic hydroxyl groups is 1. The lowest BCUT2D eigenvalue weighted by Gasteiger charge is -2.39. The second-order valence-corrected chi connectivity index (χ2v) is 5.65. The average molecular weight is 261 g/mol. The Morgan fingerprint density at radius 1 is 1.37 bits per heavy atom. The van der Waals surface area contributed by atoms with E-state index < -0.39 is 0 Å². The van der Waals surface area contributed by atoms with E-state index in [2.05, 4.69) is 41.4 Å². The van der Waals surface area contributed by atoms with Crippen LogP contribution in [0.3, 0.4) is 0 Å². The van der Waals surface area contributed by atoms with Crippen molar-refractivity contribution in [3.05, 3.63) is 41.2 Å². The van der Waals surface area contributed by atoms with Crippen molar-refractivity contribution in [1.29, 1.82) is 0 Å². The van der Waals surface area contributed by atoms with E-state index in [1.54, 1.807) is 0 Å². The smallest absolute Gasteiger partial charge is 0.0667 e. The number of β-amino-alcohol motifs (C(OH)–C–C–N with tert-alkyl or cyclic N) is 1. The summed E-state index contributed by atoms with van der Waals surface area (Å²) in [7, 11) is 1.90. The zero-order chi connectivity index (χ0) is 13.7. The molecule has 1 N–H and O–H groups in total. The summed E-state index contributed by atoms with van der Waals surface area (Å²) in [6.45, 7) is 5.18. The quantitative estimate of drug-likeness (QED) is 0.885. The first kappa shape index (κ1) is 14.5. The Labute approximate surface area is 116 Å².